The van der Waals surface area contributed by atoms with Crippen LogP contribution in [-0.4, -0.2) is 27.8 Å². The second kappa shape index (κ2) is 9.07. The number of hydrogen-bond acceptors (Lipinski definition) is 7. The lowest BCUT2D eigenvalue weighted by Crippen LogP contribution is -2.50. The topological polar surface area (TPSA) is 83.4 Å². The number of benzene rings is 2. The highest BCUT2D eigenvalue weighted by atomic mass is 79.9. The van der Waals surface area contributed by atoms with Gasteiger partial charge in [-0.25, -0.2) is 5.01 Å². The molecule has 0 fully saturated rings. The van der Waals surface area contributed by atoms with Crippen LogP contribution in [0.4, 0.5) is 0 Å². The first-order chi connectivity index (χ1) is 15.0. The van der Waals surface area contributed by atoms with E-state index in [4.69, 9.17) is 9.73 Å². The van der Waals surface area contributed by atoms with Crippen molar-refractivity contribution in [3.05, 3.63) is 75.7 Å². The van der Waals surface area contributed by atoms with Crippen molar-refractivity contribution < 1.29 is 14.3 Å². The number of hydrazone groups is 1. The van der Waals surface area contributed by atoms with E-state index in [2.05, 4.69) is 32.9 Å². The summed E-state index contributed by atoms with van der Waals surface area (Å²) in [6, 6.07) is 12.7. The van der Waals surface area contributed by atoms with Crippen LogP contribution in [0.1, 0.15) is 25.1 Å². The van der Waals surface area contributed by atoms with E-state index in [1.165, 1.54) is 11.8 Å². The maximum absolute atomic E-state index is 13.0. The molecule has 0 radical (unpaired) electrons. The van der Waals surface area contributed by atoms with Crippen LogP contribution in [0.3, 0.4) is 0 Å². The fourth-order valence-electron chi connectivity index (χ4n) is 3.18. The number of thioether (sulfide) groups is 1. The summed E-state index contributed by atoms with van der Waals surface area (Å²) in [7, 11) is 0. The smallest absolute Gasteiger partial charge is 0.310 e. The standard InChI is InChI=1S/C22H19BrN4O3S/c1-3-11-31-22-25-21(29)19-16-12-14(23)7-10-17(16)24-20(27(19)26-22)13-5-8-15(9-6-13)30-18(28)4-2/h3,5-10,12,20H,1,4,11H2,2H3,(H,25,26,29)/t20-/m0/s1. The van der Waals surface area contributed by atoms with Gasteiger partial charge in [0.2, 0.25) is 0 Å². The lowest BCUT2D eigenvalue weighted by atomic mass is 10.1. The van der Waals surface area contributed by atoms with Gasteiger partial charge < -0.3 is 4.74 Å². The zero-order chi connectivity index (χ0) is 22.0. The van der Waals surface area contributed by atoms with E-state index in [1.807, 2.05) is 30.3 Å². The molecular weight excluding hydrogens is 480 g/mol. The van der Waals surface area contributed by atoms with Crippen molar-refractivity contribution in [2.24, 2.45) is 10.1 Å². The van der Waals surface area contributed by atoms with Gasteiger partial charge in [0.1, 0.15) is 11.4 Å². The van der Waals surface area contributed by atoms with Crippen molar-refractivity contribution in [2.75, 3.05) is 5.75 Å². The Morgan fingerprint density at radius 3 is 2.81 bits per heavy atom. The minimum absolute atomic E-state index is 0.241. The van der Waals surface area contributed by atoms with Crippen LogP contribution < -0.4 is 20.6 Å². The van der Waals surface area contributed by atoms with Crippen LogP contribution in [0, 0.1) is 0 Å². The van der Waals surface area contributed by atoms with Gasteiger partial charge in [0.05, 0.1) is 5.36 Å². The van der Waals surface area contributed by atoms with E-state index in [-0.39, 0.29) is 11.9 Å². The summed E-state index contributed by atoms with van der Waals surface area (Å²) < 4.78 is 6.11. The molecule has 2 aliphatic rings. The summed E-state index contributed by atoms with van der Waals surface area (Å²) >= 11 is 4.86. The third-order valence-corrected chi connectivity index (χ3v) is 5.96. The van der Waals surface area contributed by atoms with Gasteiger partial charge >= 0.3 is 5.97 Å². The monoisotopic (exact) mass is 498 g/mol. The van der Waals surface area contributed by atoms with Gasteiger partial charge in [-0.1, -0.05) is 52.8 Å². The lowest BCUT2D eigenvalue weighted by Gasteiger charge is -2.34. The van der Waals surface area contributed by atoms with Gasteiger partial charge in [0.25, 0.3) is 5.91 Å². The third-order valence-electron chi connectivity index (χ3n) is 4.61. The number of halogens is 1. The van der Waals surface area contributed by atoms with Gasteiger partial charge in [-0.2, -0.15) is 0 Å². The molecule has 1 atom stereocenters. The molecular formula is C22H19BrN4O3S. The molecule has 9 heteroatoms. The zero-order valence-corrected chi connectivity index (χ0v) is 19.1. The van der Waals surface area contributed by atoms with Crippen LogP contribution in [0.15, 0.2) is 69.7 Å². The number of carbonyl (C=O) groups excluding carboxylic acids is 2. The fraction of sp³-hybridized carbons (Fsp3) is 0.182. The first kappa shape index (κ1) is 21.3. The molecule has 2 heterocycles. The number of esters is 1. The molecule has 0 aromatic heterocycles. The number of hydrogen-bond donors (Lipinski definition) is 1. The summed E-state index contributed by atoms with van der Waals surface area (Å²) in [5.41, 5.74) is 1.25. The second-order valence-electron chi connectivity index (χ2n) is 6.71. The van der Waals surface area contributed by atoms with Gasteiger partial charge in [-0.3, -0.25) is 19.9 Å². The number of amidine groups is 1. The average molecular weight is 499 g/mol. The van der Waals surface area contributed by atoms with E-state index in [0.717, 1.165) is 10.0 Å². The fourth-order valence-corrected chi connectivity index (χ4v) is 4.13. The van der Waals surface area contributed by atoms with Crippen molar-refractivity contribution in [3.8, 4) is 5.75 Å². The normalized spacial score (nSPS) is 17.0. The first-order valence-electron chi connectivity index (χ1n) is 9.61. The summed E-state index contributed by atoms with van der Waals surface area (Å²) in [6.07, 6.45) is 1.51. The lowest BCUT2D eigenvalue weighted by molar-refractivity contribution is -0.134. The molecule has 0 spiro atoms. The third kappa shape index (κ3) is 4.42. The number of nitrogens with one attached hydrogen (secondary N) is 1. The molecule has 0 saturated carbocycles. The number of ether oxygens (including phenoxy) is 1. The van der Waals surface area contributed by atoms with Crippen LogP contribution in [0.2, 0.25) is 0 Å². The van der Waals surface area contributed by atoms with Crippen molar-refractivity contribution >= 4 is 50.4 Å². The van der Waals surface area contributed by atoms with E-state index in [1.54, 1.807) is 30.1 Å². The predicted molar refractivity (Wildman–Crippen MR) is 124 cm³/mol. The van der Waals surface area contributed by atoms with E-state index < -0.39 is 6.17 Å². The Labute approximate surface area is 191 Å². The molecule has 0 saturated heterocycles. The van der Waals surface area contributed by atoms with Gasteiger partial charge in [-0.05, 0) is 35.9 Å². The van der Waals surface area contributed by atoms with Gasteiger partial charge in [-0.15, -0.1) is 11.7 Å². The van der Waals surface area contributed by atoms with Crippen molar-refractivity contribution in [3.63, 3.8) is 0 Å². The Bertz CT molecular complexity index is 1210. The molecule has 158 valence electrons. The van der Waals surface area contributed by atoms with Crippen molar-refractivity contribution in [1.82, 2.24) is 10.3 Å². The minimum Gasteiger partial charge on any atom is -0.427 e. The Morgan fingerprint density at radius 2 is 2.10 bits per heavy atom. The van der Waals surface area contributed by atoms with Crippen molar-refractivity contribution in [2.45, 2.75) is 19.5 Å². The molecule has 31 heavy (non-hydrogen) atoms. The van der Waals surface area contributed by atoms with E-state index in [0.29, 0.717) is 39.4 Å². The summed E-state index contributed by atoms with van der Waals surface area (Å²) in [5, 5.41) is 11.1. The van der Waals surface area contributed by atoms with E-state index in [9.17, 15) is 9.59 Å². The molecule has 2 aromatic carbocycles. The number of rotatable bonds is 5. The number of amides is 1. The van der Waals surface area contributed by atoms with Gasteiger partial charge in [0, 0.05) is 21.9 Å². The molecule has 0 bridgehead atoms. The highest BCUT2D eigenvalue weighted by Crippen LogP contribution is 2.31. The number of fused-ring (bicyclic) bond motifs is 2. The van der Waals surface area contributed by atoms with Gasteiger partial charge in [0.15, 0.2) is 11.3 Å². The first-order valence-corrected chi connectivity index (χ1v) is 11.4. The average Bonchev–Trinajstić information content (AvgIpc) is 2.77. The Hall–Kier alpha value is -2.91. The van der Waals surface area contributed by atoms with Crippen LogP contribution in [-0.2, 0) is 9.59 Å². The SMILES string of the molecule is C=CCSC1=NN2C(=c3cc(Br)ccc3=N[C@@H]2c2ccc(OC(=O)CC)cc2)C(=O)N1. The Kier molecular flexibility index (Phi) is 6.24. The Balaban J connectivity index is 1.80. The van der Waals surface area contributed by atoms with Crippen LogP contribution in [0.5, 0.6) is 5.75 Å². The molecule has 7 nitrogen and oxygen atoms in total. The molecule has 0 aliphatic carbocycles. The maximum Gasteiger partial charge on any atom is 0.310 e. The molecule has 2 aliphatic heterocycles. The zero-order valence-electron chi connectivity index (χ0n) is 16.7. The number of nitrogens with zero attached hydrogens (tertiary/aromatic N) is 3. The molecule has 2 aromatic rings. The highest BCUT2D eigenvalue weighted by Gasteiger charge is 2.34. The number of carbonyl (C=O) groups is 2. The maximum atomic E-state index is 13.0. The van der Waals surface area contributed by atoms with E-state index >= 15 is 0 Å². The minimum atomic E-state index is -0.537. The second-order valence-corrected chi connectivity index (χ2v) is 8.64. The van der Waals surface area contributed by atoms with Crippen LogP contribution >= 0.6 is 27.7 Å². The molecule has 1 amide bonds. The summed E-state index contributed by atoms with van der Waals surface area (Å²) in [5.74, 6) is 0.534. The molecule has 1 N–H and O–H groups in total. The predicted octanol–water partition coefficient (Wildman–Crippen LogP) is 2.83. The van der Waals surface area contributed by atoms with Crippen LogP contribution in [0.25, 0.3) is 5.70 Å². The Morgan fingerprint density at radius 1 is 1.32 bits per heavy atom. The highest BCUT2D eigenvalue weighted by molar-refractivity contribution is 9.10. The van der Waals surface area contributed by atoms with Crippen molar-refractivity contribution in [1.29, 1.82) is 0 Å². The largest absolute Gasteiger partial charge is 0.427 e. The summed E-state index contributed by atoms with van der Waals surface area (Å²) in [6.45, 7) is 5.46. The molecule has 4 rings (SSSR count). The molecule has 0 unspecified atom stereocenters. The summed E-state index contributed by atoms with van der Waals surface area (Å²) in [4.78, 5) is 29.4. The quantitative estimate of drug-likeness (QED) is 0.389.